The van der Waals surface area contributed by atoms with Crippen LogP contribution in [0.4, 0.5) is 13.2 Å². The normalized spacial score (nSPS) is 10.4. The Hall–Kier alpha value is -0.290. The first-order valence-corrected chi connectivity index (χ1v) is 3.26. The third kappa shape index (κ3) is 26.0. The largest absolute Gasteiger partial charge is 0.397 e. The lowest BCUT2D eigenvalue weighted by molar-refractivity contribution is -0.136. The Kier molecular flexibility index (Phi) is 9.45. The first-order valence-electron chi connectivity index (χ1n) is 3.26. The van der Waals surface area contributed by atoms with Crippen molar-refractivity contribution in [1.29, 1.82) is 0 Å². The number of hydrogen-bond donors (Lipinski definition) is 2. The van der Waals surface area contributed by atoms with Crippen molar-refractivity contribution >= 4 is 0 Å². The van der Waals surface area contributed by atoms with Crippen molar-refractivity contribution in [2.45, 2.75) is 25.9 Å². The molecule has 0 aliphatic rings. The van der Waals surface area contributed by atoms with Gasteiger partial charge in [-0.25, -0.2) is 0 Å². The van der Waals surface area contributed by atoms with E-state index in [1.165, 1.54) is 0 Å². The maximum absolute atomic E-state index is 11.1. The second-order valence-electron chi connectivity index (χ2n) is 1.76. The van der Waals surface area contributed by atoms with Crippen LogP contribution in [0.2, 0.25) is 0 Å². The molecule has 0 bridgehead atoms. The van der Waals surface area contributed by atoms with E-state index in [2.05, 4.69) is 0 Å². The lowest BCUT2D eigenvalue weighted by atomic mass is 10.3. The summed E-state index contributed by atoms with van der Waals surface area (Å²) in [6.45, 7) is 1.54. The van der Waals surface area contributed by atoms with Crippen LogP contribution >= 0.6 is 0 Å². The molecule has 0 heterocycles. The van der Waals surface area contributed by atoms with E-state index in [-0.39, 0.29) is 19.6 Å². The Morgan fingerprint density at radius 2 is 1.55 bits per heavy atom. The molecule has 0 aromatic carbocycles. The lowest BCUT2D eigenvalue weighted by Gasteiger charge is -2.01. The van der Waals surface area contributed by atoms with Gasteiger partial charge in [0.05, 0.1) is 0 Å². The zero-order valence-corrected chi connectivity index (χ0v) is 6.36. The van der Waals surface area contributed by atoms with Crippen molar-refractivity contribution in [2.75, 3.05) is 13.2 Å². The summed E-state index contributed by atoms with van der Waals surface area (Å²) in [4.78, 5) is 0. The summed E-state index contributed by atoms with van der Waals surface area (Å²) in [5.41, 5.74) is 0. The minimum atomic E-state index is -4.11. The van der Waals surface area contributed by atoms with Gasteiger partial charge in [0.1, 0.15) is 0 Å². The highest BCUT2D eigenvalue weighted by Gasteiger charge is 2.25. The van der Waals surface area contributed by atoms with Crippen molar-refractivity contribution < 1.29 is 23.4 Å². The fraction of sp³-hybridized carbons (Fsp3) is 1.00. The van der Waals surface area contributed by atoms with Crippen molar-refractivity contribution in [3.05, 3.63) is 0 Å². The zero-order chi connectivity index (χ0) is 9.33. The maximum atomic E-state index is 11.1. The van der Waals surface area contributed by atoms with Gasteiger partial charge in [-0.05, 0) is 13.3 Å². The summed E-state index contributed by atoms with van der Waals surface area (Å²) in [5, 5.41) is 15.5. The monoisotopic (exact) mass is 174 g/mol. The second kappa shape index (κ2) is 7.81. The van der Waals surface area contributed by atoms with Gasteiger partial charge < -0.3 is 10.2 Å². The second-order valence-corrected chi connectivity index (χ2v) is 1.76. The van der Waals surface area contributed by atoms with Crippen molar-refractivity contribution in [3.63, 3.8) is 0 Å². The van der Waals surface area contributed by atoms with Crippen LogP contribution in [-0.2, 0) is 0 Å². The molecular weight excluding hydrogens is 161 g/mol. The van der Waals surface area contributed by atoms with Gasteiger partial charge >= 0.3 is 6.18 Å². The van der Waals surface area contributed by atoms with Gasteiger partial charge in [-0.1, -0.05) is 0 Å². The van der Waals surface area contributed by atoms with Crippen LogP contribution in [0.3, 0.4) is 0 Å². The van der Waals surface area contributed by atoms with E-state index >= 15 is 0 Å². The van der Waals surface area contributed by atoms with E-state index in [1.54, 1.807) is 6.92 Å². The summed E-state index contributed by atoms with van der Waals surface area (Å²) in [7, 11) is 0. The molecule has 0 spiro atoms. The van der Waals surface area contributed by atoms with Crippen LogP contribution in [-0.4, -0.2) is 29.6 Å². The molecule has 70 valence electrons. The standard InChI is InChI=1S/C4H7F3O.C2H6O/c5-4(6,7)2-1-3-8;1-2-3/h8H,1-3H2;3H,2H2,1H3. The molecule has 0 atom stereocenters. The average Bonchev–Trinajstić information content (AvgIpc) is 1.84. The molecule has 5 heteroatoms. The number of aliphatic hydroxyl groups excluding tert-OH is 2. The van der Waals surface area contributed by atoms with Gasteiger partial charge in [-0.15, -0.1) is 0 Å². The Morgan fingerprint density at radius 1 is 1.18 bits per heavy atom. The number of aliphatic hydroxyl groups is 2. The molecule has 0 rings (SSSR count). The van der Waals surface area contributed by atoms with Crippen molar-refractivity contribution in [2.24, 2.45) is 0 Å². The molecule has 0 amide bonds. The van der Waals surface area contributed by atoms with Crippen LogP contribution in [0.25, 0.3) is 0 Å². The van der Waals surface area contributed by atoms with Gasteiger partial charge in [-0.3, -0.25) is 0 Å². The Labute approximate surface area is 63.7 Å². The average molecular weight is 174 g/mol. The molecule has 2 N–H and O–H groups in total. The molecule has 11 heavy (non-hydrogen) atoms. The number of halogens is 3. The minimum Gasteiger partial charge on any atom is -0.397 e. The van der Waals surface area contributed by atoms with Gasteiger partial charge in [0.15, 0.2) is 0 Å². The predicted octanol–water partition coefficient (Wildman–Crippen LogP) is 1.32. The third-order valence-electron chi connectivity index (χ3n) is 0.618. The van der Waals surface area contributed by atoms with E-state index in [1.807, 2.05) is 0 Å². The van der Waals surface area contributed by atoms with Crippen molar-refractivity contribution in [3.8, 4) is 0 Å². The molecule has 0 aliphatic heterocycles. The minimum absolute atomic E-state index is 0.191. The SMILES string of the molecule is CCO.OCCCC(F)(F)F. The number of alkyl halides is 3. The van der Waals surface area contributed by atoms with Crippen LogP contribution in [0.5, 0.6) is 0 Å². The summed E-state index contributed by atoms with van der Waals surface area (Å²) in [6, 6.07) is 0. The molecule has 0 fully saturated rings. The van der Waals surface area contributed by atoms with Crippen LogP contribution < -0.4 is 0 Å². The van der Waals surface area contributed by atoms with Gasteiger partial charge in [-0.2, -0.15) is 13.2 Å². The quantitative estimate of drug-likeness (QED) is 0.662. The van der Waals surface area contributed by atoms with E-state index in [0.717, 1.165) is 0 Å². The highest BCUT2D eigenvalue weighted by atomic mass is 19.4. The molecule has 0 aromatic rings. The van der Waals surface area contributed by atoms with E-state index < -0.39 is 12.6 Å². The first-order chi connectivity index (χ1) is 4.97. The molecule has 0 saturated carbocycles. The molecular formula is C6H13F3O2. The highest BCUT2D eigenvalue weighted by molar-refractivity contribution is 4.47. The summed E-state index contributed by atoms with van der Waals surface area (Å²) in [5.74, 6) is 0. The smallest absolute Gasteiger partial charge is 0.389 e. The van der Waals surface area contributed by atoms with Gasteiger partial charge in [0.25, 0.3) is 0 Å². The highest BCUT2D eigenvalue weighted by Crippen LogP contribution is 2.20. The van der Waals surface area contributed by atoms with Crippen LogP contribution in [0.1, 0.15) is 19.8 Å². The van der Waals surface area contributed by atoms with E-state index in [0.29, 0.717) is 0 Å². The molecule has 0 aromatic heterocycles. The van der Waals surface area contributed by atoms with Crippen LogP contribution in [0, 0.1) is 0 Å². The number of rotatable bonds is 2. The fourth-order valence-electron chi connectivity index (χ4n) is 0.280. The summed E-state index contributed by atoms with van der Waals surface area (Å²) >= 11 is 0. The van der Waals surface area contributed by atoms with Crippen molar-refractivity contribution in [1.82, 2.24) is 0 Å². The molecule has 0 aliphatic carbocycles. The van der Waals surface area contributed by atoms with Crippen LogP contribution in [0.15, 0.2) is 0 Å². The summed E-state index contributed by atoms with van der Waals surface area (Å²) < 4.78 is 33.4. The Morgan fingerprint density at radius 3 is 1.64 bits per heavy atom. The van der Waals surface area contributed by atoms with E-state index in [9.17, 15) is 13.2 Å². The fourth-order valence-corrected chi connectivity index (χ4v) is 0.280. The molecule has 0 radical (unpaired) electrons. The third-order valence-corrected chi connectivity index (χ3v) is 0.618. The molecule has 0 unspecified atom stereocenters. The molecule has 2 nitrogen and oxygen atoms in total. The first kappa shape index (κ1) is 13.3. The zero-order valence-electron chi connectivity index (χ0n) is 6.36. The Bertz CT molecular complexity index is 72.7. The summed E-state index contributed by atoms with van der Waals surface area (Å²) in [6.07, 6.45) is -5.18. The number of hydrogen-bond acceptors (Lipinski definition) is 2. The Balaban J connectivity index is 0. The van der Waals surface area contributed by atoms with Gasteiger partial charge in [0.2, 0.25) is 0 Å². The molecule has 0 saturated heterocycles. The van der Waals surface area contributed by atoms with E-state index in [4.69, 9.17) is 10.2 Å². The maximum Gasteiger partial charge on any atom is 0.389 e. The van der Waals surface area contributed by atoms with Gasteiger partial charge in [0, 0.05) is 19.6 Å². The predicted molar refractivity (Wildman–Crippen MR) is 35.1 cm³/mol. The topological polar surface area (TPSA) is 40.5 Å². The lowest BCUT2D eigenvalue weighted by Crippen LogP contribution is -2.07.